The molecule has 25 heavy (non-hydrogen) atoms. The summed E-state index contributed by atoms with van der Waals surface area (Å²) in [5, 5.41) is 3.05. The van der Waals surface area contributed by atoms with Gasteiger partial charge in [-0.1, -0.05) is 29.8 Å². The fourth-order valence-electron chi connectivity index (χ4n) is 1.86. The van der Waals surface area contributed by atoms with E-state index in [1.165, 1.54) is 0 Å². The summed E-state index contributed by atoms with van der Waals surface area (Å²) >= 11 is 5.98. The smallest absolute Gasteiger partial charge is 0.332 e. The first-order chi connectivity index (χ1) is 12.1. The van der Waals surface area contributed by atoms with Crippen LogP contribution in [0.5, 0.6) is 11.5 Å². The minimum absolute atomic E-state index is 0.191. The lowest BCUT2D eigenvalue weighted by Gasteiger charge is -2.13. The van der Waals surface area contributed by atoms with E-state index in [0.717, 1.165) is 0 Å². The highest BCUT2D eigenvalue weighted by Gasteiger charge is 2.12. The highest BCUT2D eigenvalue weighted by atomic mass is 35.5. The van der Waals surface area contributed by atoms with Gasteiger partial charge in [0.05, 0.1) is 5.69 Å². The van der Waals surface area contributed by atoms with Crippen molar-refractivity contribution in [2.75, 3.05) is 25.1 Å². The molecule has 2 aromatic carbocycles. The average Bonchev–Trinajstić information content (AvgIpc) is 2.61. The van der Waals surface area contributed by atoms with Crippen molar-refractivity contribution in [3.8, 4) is 11.5 Å². The molecule has 1 N–H and O–H groups in total. The number of carbonyl (C=O) groups is 2. The first-order valence-electron chi connectivity index (χ1n) is 7.64. The van der Waals surface area contributed by atoms with Gasteiger partial charge in [0, 0.05) is 11.6 Å². The second-order valence-corrected chi connectivity index (χ2v) is 5.34. The number of nitrogens with one attached hydrogen (secondary N) is 1. The monoisotopic (exact) mass is 363 g/mol. The highest BCUT2D eigenvalue weighted by Crippen LogP contribution is 2.31. The lowest BCUT2D eigenvalue weighted by atomic mass is 10.2. The number of benzene rings is 2. The predicted octanol–water partition coefficient (Wildman–Crippen LogP) is 3.65. The molecule has 0 aliphatic carbocycles. The molecular formula is C18H18ClNO5. The normalized spacial score (nSPS) is 10.2. The third-order valence-electron chi connectivity index (χ3n) is 2.98. The van der Waals surface area contributed by atoms with Gasteiger partial charge >= 0.3 is 5.97 Å². The summed E-state index contributed by atoms with van der Waals surface area (Å²) in [6.07, 6.45) is 0. The Morgan fingerprint density at radius 1 is 1.08 bits per heavy atom. The van der Waals surface area contributed by atoms with E-state index in [1.807, 2.05) is 18.2 Å². The van der Waals surface area contributed by atoms with Crippen LogP contribution in [0.3, 0.4) is 0 Å². The van der Waals surface area contributed by atoms with Crippen LogP contribution in [0.15, 0.2) is 48.5 Å². The van der Waals surface area contributed by atoms with Crippen LogP contribution in [0, 0.1) is 0 Å². The highest BCUT2D eigenvalue weighted by molar-refractivity contribution is 6.31. The Hall–Kier alpha value is -2.57. The number of hydrogen-bond acceptors (Lipinski definition) is 5. The van der Waals surface area contributed by atoms with Crippen LogP contribution in [-0.2, 0) is 19.1 Å². The van der Waals surface area contributed by atoms with Crippen LogP contribution in [0.1, 0.15) is 6.92 Å². The summed E-state index contributed by atoms with van der Waals surface area (Å²) in [7, 11) is 0. The molecule has 0 heterocycles. The maximum atomic E-state index is 12.0. The number of anilines is 1. The van der Waals surface area contributed by atoms with Crippen LogP contribution in [-0.4, -0.2) is 31.7 Å². The predicted molar refractivity (Wildman–Crippen MR) is 94.0 cm³/mol. The van der Waals surface area contributed by atoms with Crippen LogP contribution in [0.25, 0.3) is 0 Å². The number of esters is 1. The Labute approximate surface area is 150 Å². The molecule has 0 aliphatic heterocycles. The molecule has 2 aromatic rings. The standard InChI is InChI=1S/C18H18ClNO5/c1-2-23-12-18(22)24-11-17(21)20-15-10-13(19)8-9-16(15)25-14-6-4-3-5-7-14/h3-10H,2,11-12H2,1H3,(H,20,21). The lowest BCUT2D eigenvalue weighted by molar-refractivity contribution is -0.151. The number of para-hydroxylation sites is 1. The number of rotatable bonds is 8. The van der Waals surface area contributed by atoms with Crippen molar-refractivity contribution in [1.82, 2.24) is 0 Å². The first-order valence-corrected chi connectivity index (χ1v) is 8.02. The first kappa shape index (κ1) is 18.8. The fraction of sp³-hybridized carbons (Fsp3) is 0.222. The lowest BCUT2D eigenvalue weighted by Crippen LogP contribution is -2.23. The van der Waals surface area contributed by atoms with Crippen molar-refractivity contribution in [3.63, 3.8) is 0 Å². The van der Waals surface area contributed by atoms with Gasteiger partial charge in [-0.25, -0.2) is 4.79 Å². The molecule has 7 heteroatoms. The molecule has 0 saturated heterocycles. The van der Waals surface area contributed by atoms with Gasteiger partial charge in [0.1, 0.15) is 12.4 Å². The topological polar surface area (TPSA) is 73.9 Å². The molecule has 6 nitrogen and oxygen atoms in total. The zero-order valence-electron chi connectivity index (χ0n) is 13.7. The van der Waals surface area contributed by atoms with E-state index in [1.54, 1.807) is 37.3 Å². The van der Waals surface area contributed by atoms with Gasteiger partial charge in [0.25, 0.3) is 5.91 Å². The van der Waals surface area contributed by atoms with Gasteiger partial charge in [-0.2, -0.15) is 0 Å². The second kappa shape index (κ2) is 9.66. The Balaban J connectivity index is 1.99. The zero-order valence-corrected chi connectivity index (χ0v) is 14.4. The van der Waals surface area contributed by atoms with Gasteiger partial charge in [-0.3, -0.25) is 4.79 Å². The van der Waals surface area contributed by atoms with Crippen molar-refractivity contribution in [1.29, 1.82) is 0 Å². The SMILES string of the molecule is CCOCC(=O)OCC(=O)Nc1cc(Cl)ccc1Oc1ccccc1. The molecule has 0 spiro atoms. The molecule has 0 bridgehead atoms. The number of carbonyl (C=O) groups excluding carboxylic acids is 2. The molecule has 0 aliphatic rings. The van der Waals surface area contributed by atoms with E-state index in [4.69, 9.17) is 25.8 Å². The summed E-state index contributed by atoms with van der Waals surface area (Å²) in [5.41, 5.74) is 0.377. The summed E-state index contributed by atoms with van der Waals surface area (Å²) in [6, 6.07) is 14.0. The van der Waals surface area contributed by atoms with Crippen molar-refractivity contribution in [3.05, 3.63) is 53.6 Å². The Kier molecular flexibility index (Phi) is 7.25. The van der Waals surface area contributed by atoms with E-state index < -0.39 is 18.5 Å². The molecule has 0 radical (unpaired) electrons. The summed E-state index contributed by atoms with van der Waals surface area (Å²) in [5.74, 6) is -0.0815. The van der Waals surface area contributed by atoms with Gasteiger partial charge in [0.2, 0.25) is 0 Å². The van der Waals surface area contributed by atoms with Gasteiger partial charge in [-0.15, -0.1) is 0 Å². The average molecular weight is 364 g/mol. The van der Waals surface area contributed by atoms with Crippen LogP contribution in [0.4, 0.5) is 5.69 Å². The Morgan fingerprint density at radius 3 is 2.56 bits per heavy atom. The number of hydrogen-bond donors (Lipinski definition) is 1. The molecule has 0 aromatic heterocycles. The molecule has 1 amide bonds. The molecule has 0 saturated carbocycles. The largest absolute Gasteiger partial charge is 0.455 e. The van der Waals surface area contributed by atoms with Crippen molar-refractivity contribution in [2.45, 2.75) is 6.92 Å². The van der Waals surface area contributed by atoms with E-state index >= 15 is 0 Å². The number of ether oxygens (including phenoxy) is 3. The summed E-state index contributed by atoms with van der Waals surface area (Å²) in [4.78, 5) is 23.3. The summed E-state index contributed by atoms with van der Waals surface area (Å²) < 4.78 is 15.5. The molecular weight excluding hydrogens is 346 g/mol. The van der Waals surface area contributed by atoms with Crippen LogP contribution in [0.2, 0.25) is 5.02 Å². The fourth-order valence-corrected chi connectivity index (χ4v) is 2.04. The van der Waals surface area contributed by atoms with Crippen molar-refractivity contribution < 1.29 is 23.8 Å². The second-order valence-electron chi connectivity index (χ2n) is 4.90. The number of amides is 1. The van der Waals surface area contributed by atoms with Crippen LogP contribution >= 0.6 is 11.6 Å². The van der Waals surface area contributed by atoms with E-state index in [9.17, 15) is 9.59 Å². The molecule has 0 fully saturated rings. The zero-order chi connectivity index (χ0) is 18.1. The minimum atomic E-state index is -0.608. The Bertz CT molecular complexity index is 721. The van der Waals surface area contributed by atoms with Gasteiger partial charge < -0.3 is 19.5 Å². The third kappa shape index (κ3) is 6.45. The Morgan fingerprint density at radius 2 is 1.84 bits per heavy atom. The quantitative estimate of drug-likeness (QED) is 0.725. The maximum Gasteiger partial charge on any atom is 0.332 e. The van der Waals surface area contributed by atoms with Crippen LogP contribution < -0.4 is 10.1 Å². The summed E-state index contributed by atoms with van der Waals surface area (Å²) in [6.45, 7) is 1.53. The van der Waals surface area contributed by atoms with Gasteiger partial charge in [0.15, 0.2) is 12.4 Å². The van der Waals surface area contributed by atoms with E-state index in [2.05, 4.69) is 5.32 Å². The number of halogens is 1. The van der Waals surface area contributed by atoms with E-state index in [-0.39, 0.29) is 6.61 Å². The van der Waals surface area contributed by atoms with E-state index in [0.29, 0.717) is 28.8 Å². The molecule has 132 valence electrons. The minimum Gasteiger partial charge on any atom is -0.455 e. The van der Waals surface area contributed by atoms with Crippen molar-refractivity contribution in [2.24, 2.45) is 0 Å². The van der Waals surface area contributed by atoms with Gasteiger partial charge in [-0.05, 0) is 37.3 Å². The molecule has 0 unspecified atom stereocenters. The van der Waals surface area contributed by atoms with Crippen molar-refractivity contribution >= 4 is 29.2 Å². The maximum absolute atomic E-state index is 12.0. The molecule has 2 rings (SSSR count). The molecule has 0 atom stereocenters. The third-order valence-corrected chi connectivity index (χ3v) is 3.21.